The number of nitrogens with two attached hydrogens (primary N) is 1. The predicted octanol–water partition coefficient (Wildman–Crippen LogP) is 3.23. The Hall–Kier alpha value is -1.52. The molecule has 2 rings (SSSR count). The van der Waals surface area contributed by atoms with Crippen molar-refractivity contribution in [1.82, 2.24) is 0 Å². The van der Waals surface area contributed by atoms with Crippen LogP contribution in [0.5, 0.6) is 11.5 Å². The second-order valence-corrected chi connectivity index (χ2v) is 4.92. The number of hydrogen-bond donors (Lipinski definition) is 1. The van der Waals surface area contributed by atoms with Crippen LogP contribution in [0.25, 0.3) is 0 Å². The molecule has 4 heteroatoms. The molecule has 3 nitrogen and oxygen atoms in total. The second kappa shape index (κ2) is 7.16. The van der Waals surface area contributed by atoms with Gasteiger partial charge in [0, 0.05) is 0 Å². The molecule has 0 aliphatic rings. The van der Waals surface area contributed by atoms with Crippen LogP contribution in [-0.4, -0.2) is 13.2 Å². The van der Waals surface area contributed by atoms with Gasteiger partial charge in [-0.15, -0.1) is 0 Å². The number of para-hydroxylation sites is 1. The van der Waals surface area contributed by atoms with Crippen molar-refractivity contribution < 1.29 is 9.47 Å². The topological polar surface area (TPSA) is 44.5 Å². The number of benzene rings is 1. The smallest absolute Gasteiger partial charge is 0.164 e. The molecule has 0 aliphatic carbocycles. The summed E-state index contributed by atoms with van der Waals surface area (Å²) < 4.78 is 11.6. The van der Waals surface area contributed by atoms with E-state index < -0.39 is 0 Å². The fourth-order valence-corrected chi connectivity index (χ4v) is 2.53. The fraction of sp³-hybridized carbons (Fsp3) is 0.333. The van der Waals surface area contributed by atoms with Crippen LogP contribution in [0.15, 0.2) is 35.0 Å². The highest BCUT2D eigenvalue weighted by atomic mass is 32.1. The van der Waals surface area contributed by atoms with Crippen LogP contribution in [-0.2, 0) is 13.0 Å². The second-order valence-electron chi connectivity index (χ2n) is 4.14. The molecule has 0 aliphatic heterocycles. The molecular formula is C15H19NO2S. The van der Waals surface area contributed by atoms with Gasteiger partial charge in [-0.25, -0.2) is 0 Å². The quantitative estimate of drug-likeness (QED) is 0.845. The van der Waals surface area contributed by atoms with E-state index in [1.165, 1.54) is 5.56 Å². The van der Waals surface area contributed by atoms with E-state index in [4.69, 9.17) is 15.2 Å². The van der Waals surface area contributed by atoms with Crippen LogP contribution in [0.2, 0.25) is 0 Å². The molecule has 2 N–H and O–H groups in total. The molecule has 102 valence electrons. The van der Waals surface area contributed by atoms with E-state index in [0.29, 0.717) is 19.8 Å². The third-order valence-corrected chi connectivity index (χ3v) is 3.47. The van der Waals surface area contributed by atoms with Gasteiger partial charge in [0.2, 0.25) is 0 Å². The summed E-state index contributed by atoms with van der Waals surface area (Å²) in [4.78, 5) is 0. The van der Waals surface area contributed by atoms with E-state index in [1.54, 1.807) is 11.3 Å². The maximum atomic E-state index is 5.94. The summed E-state index contributed by atoms with van der Waals surface area (Å²) in [5.74, 6) is 1.62. The standard InChI is InChI=1S/C15H19NO2S/c1-2-17-14-5-3-4-13(6-8-16)15(14)18-10-12-7-9-19-11-12/h3-5,7,9,11H,2,6,8,10,16H2,1H3. The van der Waals surface area contributed by atoms with E-state index >= 15 is 0 Å². The Morgan fingerprint density at radius 2 is 2.11 bits per heavy atom. The lowest BCUT2D eigenvalue weighted by Gasteiger charge is -2.15. The summed E-state index contributed by atoms with van der Waals surface area (Å²) >= 11 is 1.67. The molecule has 0 unspecified atom stereocenters. The number of hydrogen-bond acceptors (Lipinski definition) is 4. The minimum absolute atomic E-state index is 0.561. The lowest BCUT2D eigenvalue weighted by Crippen LogP contribution is -2.07. The Kier molecular flexibility index (Phi) is 5.24. The van der Waals surface area contributed by atoms with Gasteiger partial charge in [-0.1, -0.05) is 12.1 Å². The van der Waals surface area contributed by atoms with Gasteiger partial charge in [0.15, 0.2) is 11.5 Å². The molecule has 0 saturated heterocycles. The van der Waals surface area contributed by atoms with Crippen LogP contribution in [0.1, 0.15) is 18.1 Å². The first kappa shape index (κ1) is 13.9. The molecule has 0 saturated carbocycles. The van der Waals surface area contributed by atoms with E-state index in [0.717, 1.165) is 23.5 Å². The minimum Gasteiger partial charge on any atom is -0.490 e. The maximum Gasteiger partial charge on any atom is 0.164 e. The van der Waals surface area contributed by atoms with Crippen molar-refractivity contribution in [3.8, 4) is 11.5 Å². The van der Waals surface area contributed by atoms with E-state index in [9.17, 15) is 0 Å². The molecule has 1 aromatic carbocycles. The molecule has 0 amide bonds. The third-order valence-electron chi connectivity index (χ3n) is 2.74. The van der Waals surface area contributed by atoms with Gasteiger partial charge in [-0.3, -0.25) is 0 Å². The highest BCUT2D eigenvalue weighted by Crippen LogP contribution is 2.32. The Morgan fingerprint density at radius 3 is 2.79 bits per heavy atom. The molecule has 0 bridgehead atoms. The minimum atomic E-state index is 0.561. The SMILES string of the molecule is CCOc1cccc(CCN)c1OCc1ccsc1. The summed E-state index contributed by atoms with van der Waals surface area (Å²) in [7, 11) is 0. The lowest BCUT2D eigenvalue weighted by molar-refractivity contribution is 0.267. The molecular weight excluding hydrogens is 258 g/mol. The first-order valence-electron chi connectivity index (χ1n) is 6.43. The van der Waals surface area contributed by atoms with Crippen molar-refractivity contribution in [1.29, 1.82) is 0 Å². The average molecular weight is 277 g/mol. The van der Waals surface area contributed by atoms with Crippen LogP contribution < -0.4 is 15.2 Å². The zero-order valence-electron chi connectivity index (χ0n) is 11.1. The third kappa shape index (κ3) is 3.72. The van der Waals surface area contributed by atoms with Gasteiger partial charge in [0.1, 0.15) is 6.61 Å². The van der Waals surface area contributed by atoms with Gasteiger partial charge < -0.3 is 15.2 Å². The zero-order chi connectivity index (χ0) is 13.5. The lowest BCUT2D eigenvalue weighted by atomic mass is 10.1. The van der Waals surface area contributed by atoms with Gasteiger partial charge in [0.25, 0.3) is 0 Å². The first-order valence-corrected chi connectivity index (χ1v) is 7.38. The largest absolute Gasteiger partial charge is 0.490 e. The highest BCUT2D eigenvalue weighted by Gasteiger charge is 2.10. The maximum absolute atomic E-state index is 5.94. The summed E-state index contributed by atoms with van der Waals surface area (Å²) in [6.45, 7) is 3.76. The van der Waals surface area contributed by atoms with Crippen LogP contribution >= 0.6 is 11.3 Å². The molecule has 0 radical (unpaired) electrons. The molecule has 0 spiro atoms. The molecule has 0 atom stereocenters. The first-order chi connectivity index (χ1) is 9.35. The van der Waals surface area contributed by atoms with Crippen molar-refractivity contribution in [2.45, 2.75) is 20.0 Å². The van der Waals surface area contributed by atoms with Crippen molar-refractivity contribution in [2.75, 3.05) is 13.2 Å². The summed E-state index contributed by atoms with van der Waals surface area (Å²) in [5, 5.41) is 4.14. The number of thiophene rings is 1. The van der Waals surface area contributed by atoms with Gasteiger partial charge >= 0.3 is 0 Å². The normalized spacial score (nSPS) is 10.4. The van der Waals surface area contributed by atoms with E-state index in [-0.39, 0.29) is 0 Å². The predicted molar refractivity (Wildman–Crippen MR) is 79.0 cm³/mol. The zero-order valence-corrected chi connectivity index (χ0v) is 11.9. The van der Waals surface area contributed by atoms with Crippen LogP contribution in [0.3, 0.4) is 0 Å². The highest BCUT2D eigenvalue weighted by molar-refractivity contribution is 7.07. The van der Waals surface area contributed by atoms with Crippen molar-refractivity contribution in [3.63, 3.8) is 0 Å². The monoisotopic (exact) mass is 277 g/mol. The molecule has 19 heavy (non-hydrogen) atoms. The van der Waals surface area contributed by atoms with E-state index in [1.807, 2.05) is 30.5 Å². The van der Waals surface area contributed by atoms with Gasteiger partial charge in [-0.05, 0) is 53.9 Å². The van der Waals surface area contributed by atoms with Crippen LogP contribution in [0.4, 0.5) is 0 Å². The fourth-order valence-electron chi connectivity index (χ4n) is 1.88. The number of ether oxygens (including phenoxy) is 2. The van der Waals surface area contributed by atoms with E-state index in [2.05, 4.69) is 11.4 Å². The van der Waals surface area contributed by atoms with Crippen LogP contribution in [0, 0.1) is 0 Å². The summed E-state index contributed by atoms with van der Waals surface area (Å²) in [5.41, 5.74) is 7.93. The Morgan fingerprint density at radius 1 is 1.21 bits per heavy atom. The van der Waals surface area contributed by atoms with Crippen molar-refractivity contribution in [2.24, 2.45) is 5.73 Å². The molecule has 1 heterocycles. The van der Waals surface area contributed by atoms with Gasteiger partial charge in [0.05, 0.1) is 6.61 Å². The summed E-state index contributed by atoms with van der Waals surface area (Å²) in [6.07, 6.45) is 0.792. The Bertz CT molecular complexity index is 473. The van der Waals surface area contributed by atoms with Gasteiger partial charge in [-0.2, -0.15) is 11.3 Å². The average Bonchev–Trinajstić information content (AvgIpc) is 2.92. The summed E-state index contributed by atoms with van der Waals surface area (Å²) in [6, 6.07) is 8.02. The molecule has 0 fully saturated rings. The van der Waals surface area contributed by atoms with Crippen molar-refractivity contribution >= 4 is 11.3 Å². The Labute approximate surface area is 118 Å². The molecule has 1 aromatic heterocycles. The molecule has 2 aromatic rings. The van der Waals surface area contributed by atoms with Crippen molar-refractivity contribution in [3.05, 3.63) is 46.2 Å². The Balaban J connectivity index is 2.18. The number of rotatable bonds is 7.